The van der Waals surface area contributed by atoms with Crippen molar-refractivity contribution in [3.8, 4) is 11.5 Å². The molecule has 2 rings (SSSR count). The monoisotopic (exact) mass is 274 g/mol. The van der Waals surface area contributed by atoms with Crippen LogP contribution in [0.1, 0.15) is 26.3 Å². The second-order valence-corrected chi connectivity index (χ2v) is 5.13. The zero-order valence-corrected chi connectivity index (χ0v) is 12.2. The summed E-state index contributed by atoms with van der Waals surface area (Å²) in [5.41, 5.74) is 1.42. The molecule has 0 aliphatic rings. The van der Waals surface area contributed by atoms with E-state index in [0.717, 1.165) is 0 Å². The Morgan fingerprint density at radius 3 is 1.45 bits per heavy atom. The maximum absolute atomic E-state index is 9.02. The molecule has 0 unspecified atom stereocenters. The quantitative estimate of drug-likeness (QED) is 0.766. The lowest BCUT2D eigenvalue weighted by Gasteiger charge is -2.18. The lowest BCUT2D eigenvalue weighted by molar-refractivity contribution is -0.0979. The van der Waals surface area contributed by atoms with E-state index in [9.17, 15) is 0 Å². The van der Waals surface area contributed by atoms with Crippen LogP contribution in [0.2, 0.25) is 0 Å². The maximum Gasteiger partial charge on any atom is 0.115 e. The van der Waals surface area contributed by atoms with Crippen LogP contribution in [0.25, 0.3) is 0 Å². The minimum atomic E-state index is 0.174. The first-order valence-corrected chi connectivity index (χ1v) is 6.22. The summed E-state index contributed by atoms with van der Waals surface area (Å²) in [4.78, 5) is 8.00. The first-order valence-electron chi connectivity index (χ1n) is 6.22. The van der Waals surface area contributed by atoms with E-state index in [4.69, 9.17) is 15.0 Å². The lowest BCUT2D eigenvalue weighted by atomic mass is 9.87. The first-order chi connectivity index (χ1) is 9.39. The van der Waals surface area contributed by atoms with Crippen molar-refractivity contribution in [3.05, 3.63) is 60.2 Å². The van der Waals surface area contributed by atoms with E-state index in [2.05, 4.69) is 20.8 Å². The lowest BCUT2D eigenvalue weighted by Crippen LogP contribution is -2.10. The van der Waals surface area contributed by atoms with Crippen LogP contribution >= 0.6 is 0 Å². The maximum atomic E-state index is 9.02. The third-order valence-electron chi connectivity index (χ3n) is 2.49. The van der Waals surface area contributed by atoms with E-state index in [0.29, 0.717) is 11.5 Å². The highest BCUT2D eigenvalue weighted by molar-refractivity contribution is 5.29. The Morgan fingerprint density at radius 1 is 0.750 bits per heavy atom. The first kappa shape index (κ1) is 17.7. The van der Waals surface area contributed by atoms with E-state index in [1.807, 2.05) is 25.0 Å². The van der Waals surface area contributed by atoms with Crippen molar-refractivity contribution in [2.45, 2.75) is 26.2 Å². The number of hydrogen-bond donors (Lipinski definition) is 2. The highest BCUT2D eigenvalue weighted by Crippen LogP contribution is 2.23. The minimum Gasteiger partial charge on any atom is -0.508 e. The summed E-state index contributed by atoms with van der Waals surface area (Å²) in [6.07, 6.45) is 0. The molecule has 20 heavy (non-hydrogen) atoms. The molecule has 0 saturated heterocycles. The van der Waals surface area contributed by atoms with Gasteiger partial charge in [-0.3, -0.25) is 0 Å². The summed E-state index contributed by atoms with van der Waals surface area (Å²) < 4.78 is 0. The number of phenolic OH excluding ortho intramolecular Hbond substituents is 2. The highest BCUT2D eigenvalue weighted by Gasteiger charge is 2.12. The molecule has 2 aromatic rings. The summed E-state index contributed by atoms with van der Waals surface area (Å²) in [6, 6.07) is 16.1. The highest BCUT2D eigenvalue weighted by atomic mass is 16.3. The van der Waals surface area contributed by atoms with Gasteiger partial charge in [0.15, 0.2) is 0 Å². The van der Waals surface area contributed by atoms with Gasteiger partial charge in [-0.05, 0) is 35.2 Å². The molecular weight excluding hydrogens is 252 g/mol. The average Bonchev–Trinajstić information content (AvgIpc) is 2.42. The Hall–Kier alpha value is -2.29. The number of para-hydroxylation sites is 1. The third-order valence-corrected chi connectivity index (χ3v) is 2.49. The number of carbonyl (C=O) groups is 1. The molecule has 0 aliphatic carbocycles. The molecule has 0 spiro atoms. The van der Waals surface area contributed by atoms with Gasteiger partial charge in [0.25, 0.3) is 0 Å². The van der Waals surface area contributed by atoms with Gasteiger partial charge in [-0.1, -0.05) is 51.1 Å². The van der Waals surface area contributed by atoms with Crippen molar-refractivity contribution in [1.29, 1.82) is 0 Å². The second kappa shape index (κ2) is 8.75. The van der Waals surface area contributed by atoms with Crippen molar-refractivity contribution in [3.63, 3.8) is 0 Å². The van der Waals surface area contributed by atoms with Crippen LogP contribution in [0.4, 0.5) is 0 Å². The molecular formula is C17H22O3. The van der Waals surface area contributed by atoms with Gasteiger partial charge in [0.05, 0.1) is 0 Å². The Balaban J connectivity index is 0.000000345. The minimum absolute atomic E-state index is 0.174. The fraction of sp³-hybridized carbons (Fsp3) is 0.235. The second-order valence-electron chi connectivity index (χ2n) is 5.13. The molecule has 0 heterocycles. The number of rotatable bonds is 0. The summed E-state index contributed by atoms with van der Waals surface area (Å²) in [6.45, 7) is 8.46. The normalized spacial score (nSPS) is 9.55. The van der Waals surface area contributed by atoms with E-state index in [1.54, 1.807) is 36.4 Å². The molecule has 0 aliphatic heterocycles. The van der Waals surface area contributed by atoms with Crippen molar-refractivity contribution in [2.24, 2.45) is 0 Å². The molecule has 0 saturated carbocycles. The van der Waals surface area contributed by atoms with Gasteiger partial charge in [-0.15, -0.1) is 0 Å². The van der Waals surface area contributed by atoms with E-state index in [-0.39, 0.29) is 5.41 Å². The molecule has 2 N–H and O–H groups in total. The van der Waals surface area contributed by atoms with Crippen molar-refractivity contribution in [1.82, 2.24) is 0 Å². The predicted molar refractivity (Wildman–Crippen MR) is 82.0 cm³/mol. The number of phenols is 2. The molecule has 3 heteroatoms. The molecule has 2 aromatic carbocycles. The van der Waals surface area contributed by atoms with Crippen molar-refractivity contribution in [2.75, 3.05) is 0 Å². The SMILES string of the molecule is C=O.CC(C)(C)c1ccc(O)cc1.Oc1ccccc1. The van der Waals surface area contributed by atoms with Gasteiger partial charge in [0.1, 0.15) is 18.3 Å². The van der Waals surface area contributed by atoms with Gasteiger partial charge in [-0.25, -0.2) is 0 Å². The van der Waals surface area contributed by atoms with Gasteiger partial charge in [-0.2, -0.15) is 0 Å². The van der Waals surface area contributed by atoms with E-state index >= 15 is 0 Å². The zero-order valence-electron chi connectivity index (χ0n) is 12.2. The van der Waals surface area contributed by atoms with Crippen LogP contribution in [0, 0.1) is 0 Å². The Labute approximate surface area is 120 Å². The summed E-state index contributed by atoms with van der Waals surface area (Å²) in [5, 5.41) is 17.7. The van der Waals surface area contributed by atoms with Gasteiger partial charge < -0.3 is 15.0 Å². The zero-order chi connectivity index (χ0) is 15.6. The van der Waals surface area contributed by atoms with E-state index < -0.39 is 0 Å². The molecule has 0 amide bonds. The molecule has 0 atom stereocenters. The Kier molecular flexibility index (Phi) is 7.75. The number of carbonyl (C=O) groups excluding carboxylic acids is 1. The summed E-state index contributed by atoms with van der Waals surface area (Å²) in [7, 11) is 0. The largest absolute Gasteiger partial charge is 0.508 e. The predicted octanol–water partition coefficient (Wildman–Crippen LogP) is 3.90. The van der Waals surface area contributed by atoms with Crippen LogP contribution < -0.4 is 0 Å². The van der Waals surface area contributed by atoms with Crippen LogP contribution in [0.15, 0.2) is 54.6 Å². The number of hydrogen-bond acceptors (Lipinski definition) is 3. The van der Waals surface area contributed by atoms with Crippen molar-refractivity contribution < 1.29 is 15.0 Å². The molecule has 0 aromatic heterocycles. The van der Waals surface area contributed by atoms with Crippen molar-refractivity contribution >= 4 is 6.79 Å². The molecule has 0 radical (unpaired) electrons. The summed E-state index contributed by atoms with van der Waals surface area (Å²) in [5.74, 6) is 0.653. The molecule has 0 bridgehead atoms. The van der Waals surface area contributed by atoms with Gasteiger partial charge >= 0.3 is 0 Å². The smallest absolute Gasteiger partial charge is 0.115 e. The molecule has 108 valence electrons. The Bertz CT molecular complexity index is 470. The Morgan fingerprint density at radius 2 is 1.15 bits per heavy atom. The fourth-order valence-corrected chi connectivity index (χ4v) is 1.39. The van der Waals surface area contributed by atoms with Crippen LogP contribution in [-0.2, 0) is 10.2 Å². The van der Waals surface area contributed by atoms with E-state index in [1.165, 1.54) is 5.56 Å². The van der Waals surface area contributed by atoms with Crippen LogP contribution in [0.3, 0.4) is 0 Å². The van der Waals surface area contributed by atoms with Crippen LogP contribution in [-0.4, -0.2) is 17.0 Å². The third kappa shape index (κ3) is 7.21. The number of benzene rings is 2. The summed E-state index contributed by atoms with van der Waals surface area (Å²) >= 11 is 0. The van der Waals surface area contributed by atoms with Gasteiger partial charge in [0, 0.05) is 0 Å². The standard InChI is InChI=1S/C10H14O.C6H6O.CH2O/c1-10(2,3)8-4-6-9(11)7-5-8;7-6-4-2-1-3-5-6;1-2/h4-7,11H,1-3H3;1-5,7H;1H2. The average molecular weight is 274 g/mol. The topological polar surface area (TPSA) is 57.5 Å². The fourth-order valence-electron chi connectivity index (χ4n) is 1.39. The number of aromatic hydroxyl groups is 2. The van der Waals surface area contributed by atoms with Gasteiger partial charge in [0.2, 0.25) is 0 Å². The molecule has 3 nitrogen and oxygen atoms in total. The molecule has 0 fully saturated rings. The van der Waals surface area contributed by atoms with Crippen LogP contribution in [0.5, 0.6) is 11.5 Å².